The van der Waals surface area contributed by atoms with Crippen LogP contribution in [0, 0.1) is 11.3 Å². The predicted octanol–water partition coefficient (Wildman–Crippen LogP) is 4.00. The van der Waals surface area contributed by atoms with Gasteiger partial charge in [-0.2, -0.15) is 5.26 Å². The molecule has 1 aromatic heterocycles. The Kier molecular flexibility index (Phi) is 4.88. The largest absolute Gasteiger partial charge is 0.338 e. The number of nitriles is 1. The average molecular weight is 350 g/mol. The quantitative estimate of drug-likeness (QED) is 0.743. The van der Waals surface area contributed by atoms with Crippen LogP contribution in [0.25, 0.3) is 0 Å². The van der Waals surface area contributed by atoms with Gasteiger partial charge in [-0.15, -0.1) is 0 Å². The lowest BCUT2D eigenvalue weighted by Crippen LogP contribution is -2.14. The SMILES string of the molecule is N#Cc1ccccc1Nc1cnc(C(=O)Nc2cccc(Cl)c2)cn1. The van der Waals surface area contributed by atoms with E-state index in [9.17, 15) is 4.79 Å². The number of halogens is 1. The second-order valence-electron chi connectivity index (χ2n) is 5.03. The molecular formula is C18H12ClN5O. The van der Waals surface area contributed by atoms with Crippen LogP contribution >= 0.6 is 11.6 Å². The van der Waals surface area contributed by atoms with Crippen LogP contribution in [-0.4, -0.2) is 15.9 Å². The Labute approximate surface area is 149 Å². The second kappa shape index (κ2) is 7.43. The van der Waals surface area contributed by atoms with Crippen LogP contribution in [0.15, 0.2) is 60.9 Å². The third-order valence-electron chi connectivity index (χ3n) is 3.28. The number of aromatic nitrogens is 2. The molecule has 7 heteroatoms. The molecule has 1 amide bonds. The molecule has 2 aromatic carbocycles. The first-order valence-corrected chi connectivity index (χ1v) is 7.68. The Morgan fingerprint density at radius 3 is 2.64 bits per heavy atom. The van der Waals surface area contributed by atoms with Gasteiger partial charge in [0.05, 0.1) is 23.6 Å². The highest BCUT2D eigenvalue weighted by Crippen LogP contribution is 2.19. The third-order valence-corrected chi connectivity index (χ3v) is 3.51. The summed E-state index contributed by atoms with van der Waals surface area (Å²) in [5.74, 6) is 0.0424. The Hall–Kier alpha value is -3.43. The number of benzene rings is 2. The number of hydrogen-bond acceptors (Lipinski definition) is 5. The Balaban J connectivity index is 1.71. The summed E-state index contributed by atoms with van der Waals surface area (Å²) in [6.45, 7) is 0. The van der Waals surface area contributed by atoms with Gasteiger partial charge in [-0.3, -0.25) is 4.79 Å². The molecule has 0 spiro atoms. The van der Waals surface area contributed by atoms with E-state index < -0.39 is 5.91 Å². The molecule has 0 fully saturated rings. The number of hydrogen-bond donors (Lipinski definition) is 2. The van der Waals surface area contributed by atoms with E-state index in [1.165, 1.54) is 12.4 Å². The monoisotopic (exact) mass is 349 g/mol. The summed E-state index contributed by atoms with van der Waals surface area (Å²) < 4.78 is 0. The van der Waals surface area contributed by atoms with Crippen molar-refractivity contribution < 1.29 is 4.79 Å². The van der Waals surface area contributed by atoms with E-state index in [1.807, 2.05) is 6.07 Å². The summed E-state index contributed by atoms with van der Waals surface area (Å²) in [6.07, 6.45) is 2.79. The van der Waals surface area contributed by atoms with Crippen molar-refractivity contribution >= 4 is 34.7 Å². The topological polar surface area (TPSA) is 90.7 Å². The van der Waals surface area contributed by atoms with Gasteiger partial charge in [0, 0.05) is 10.7 Å². The van der Waals surface area contributed by atoms with Crippen LogP contribution in [0.2, 0.25) is 5.02 Å². The third kappa shape index (κ3) is 4.10. The highest BCUT2D eigenvalue weighted by atomic mass is 35.5. The molecule has 3 aromatic rings. The second-order valence-corrected chi connectivity index (χ2v) is 5.47. The minimum absolute atomic E-state index is 0.166. The number of anilines is 3. The van der Waals surface area contributed by atoms with Gasteiger partial charge in [0.15, 0.2) is 0 Å². The predicted molar refractivity (Wildman–Crippen MR) is 95.9 cm³/mol. The Morgan fingerprint density at radius 2 is 1.92 bits per heavy atom. The molecule has 122 valence electrons. The number of carbonyl (C=O) groups is 1. The normalized spacial score (nSPS) is 9.92. The molecule has 6 nitrogen and oxygen atoms in total. The number of rotatable bonds is 4. The van der Waals surface area contributed by atoms with Crippen molar-refractivity contribution in [2.45, 2.75) is 0 Å². The molecule has 0 aliphatic carbocycles. The van der Waals surface area contributed by atoms with E-state index in [0.29, 0.717) is 27.8 Å². The van der Waals surface area contributed by atoms with Crippen molar-refractivity contribution in [3.05, 3.63) is 77.2 Å². The van der Waals surface area contributed by atoms with Crippen molar-refractivity contribution in [3.63, 3.8) is 0 Å². The van der Waals surface area contributed by atoms with E-state index in [2.05, 4.69) is 26.7 Å². The van der Waals surface area contributed by atoms with Gasteiger partial charge in [0.25, 0.3) is 5.91 Å². The molecule has 0 radical (unpaired) electrons. The molecule has 0 unspecified atom stereocenters. The first kappa shape index (κ1) is 16.4. The van der Waals surface area contributed by atoms with Gasteiger partial charge < -0.3 is 10.6 Å². The van der Waals surface area contributed by atoms with Crippen molar-refractivity contribution in [1.82, 2.24) is 9.97 Å². The van der Waals surface area contributed by atoms with Crippen molar-refractivity contribution in [2.24, 2.45) is 0 Å². The van der Waals surface area contributed by atoms with Crippen LogP contribution in [0.1, 0.15) is 16.1 Å². The van der Waals surface area contributed by atoms with Crippen molar-refractivity contribution in [1.29, 1.82) is 5.26 Å². The van der Waals surface area contributed by atoms with Gasteiger partial charge in [0.2, 0.25) is 0 Å². The molecule has 0 bridgehead atoms. The van der Waals surface area contributed by atoms with Crippen LogP contribution in [-0.2, 0) is 0 Å². The van der Waals surface area contributed by atoms with Crippen LogP contribution in [0.5, 0.6) is 0 Å². The summed E-state index contributed by atoms with van der Waals surface area (Å²) in [5.41, 5.74) is 1.85. The standard InChI is InChI=1S/C18H12ClN5O/c19-13-5-3-6-14(8-13)23-18(25)16-10-22-17(11-21-16)24-15-7-2-1-4-12(15)9-20/h1-8,10-11H,(H,22,24)(H,23,25). The molecule has 2 N–H and O–H groups in total. The molecule has 0 atom stereocenters. The van der Waals surface area contributed by atoms with E-state index in [4.69, 9.17) is 16.9 Å². The summed E-state index contributed by atoms with van der Waals surface area (Å²) in [5, 5.41) is 15.3. The molecule has 0 saturated carbocycles. The maximum absolute atomic E-state index is 12.2. The van der Waals surface area contributed by atoms with E-state index in [-0.39, 0.29) is 5.69 Å². The molecule has 0 saturated heterocycles. The van der Waals surface area contributed by atoms with Crippen LogP contribution in [0.3, 0.4) is 0 Å². The lowest BCUT2D eigenvalue weighted by atomic mass is 10.2. The molecule has 0 aliphatic heterocycles. The smallest absolute Gasteiger partial charge is 0.275 e. The maximum Gasteiger partial charge on any atom is 0.275 e. The van der Waals surface area contributed by atoms with Gasteiger partial charge in [0.1, 0.15) is 17.6 Å². The van der Waals surface area contributed by atoms with Crippen molar-refractivity contribution in [3.8, 4) is 6.07 Å². The summed E-state index contributed by atoms with van der Waals surface area (Å²) in [7, 11) is 0. The fourth-order valence-corrected chi connectivity index (χ4v) is 2.29. The number of amides is 1. The first-order valence-electron chi connectivity index (χ1n) is 7.31. The number of carbonyl (C=O) groups excluding carboxylic acids is 1. The zero-order chi connectivity index (χ0) is 17.6. The van der Waals surface area contributed by atoms with Gasteiger partial charge >= 0.3 is 0 Å². The zero-order valence-electron chi connectivity index (χ0n) is 12.9. The zero-order valence-corrected chi connectivity index (χ0v) is 13.7. The van der Waals surface area contributed by atoms with E-state index >= 15 is 0 Å². The fourth-order valence-electron chi connectivity index (χ4n) is 2.10. The number of nitrogens with one attached hydrogen (secondary N) is 2. The highest BCUT2D eigenvalue weighted by molar-refractivity contribution is 6.30. The maximum atomic E-state index is 12.2. The molecular weight excluding hydrogens is 338 g/mol. The Morgan fingerprint density at radius 1 is 1.08 bits per heavy atom. The van der Waals surface area contributed by atoms with Crippen molar-refractivity contribution in [2.75, 3.05) is 10.6 Å². The highest BCUT2D eigenvalue weighted by Gasteiger charge is 2.09. The minimum atomic E-state index is -0.390. The molecule has 1 heterocycles. The van der Waals surface area contributed by atoms with E-state index in [1.54, 1.807) is 42.5 Å². The van der Waals surface area contributed by atoms with Crippen LogP contribution < -0.4 is 10.6 Å². The van der Waals surface area contributed by atoms with Crippen LogP contribution in [0.4, 0.5) is 17.2 Å². The molecule has 25 heavy (non-hydrogen) atoms. The van der Waals surface area contributed by atoms with Gasteiger partial charge in [-0.05, 0) is 30.3 Å². The first-order chi connectivity index (χ1) is 12.2. The summed E-state index contributed by atoms with van der Waals surface area (Å²) >= 11 is 5.89. The molecule has 3 rings (SSSR count). The summed E-state index contributed by atoms with van der Waals surface area (Å²) in [4.78, 5) is 20.4. The van der Waals surface area contributed by atoms with Gasteiger partial charge in [-0.1, -0.05) is 29.8 Å². The van der Waals surface area contributed by atoms with E-state index in [0.717, 1.165) is 0 Å². The Bertz CT molecular complexity index is 950. The average Bonchev–Trinajstić information content (AvgIpc) is 2.63. The number of nitrogens with zero attached hydrogens (tertiary/aromatic N) is 3. The molecule has 0 aliphatic rings. The lowest BCUT2D eigenvalue weighted by Gasteiger charge is -2.08. The minimum Gasteiger partial charge on any atom is -0.338 e. The number of para-hydroxylation sites is 1. The fraction of sp³-hybridized carbons (Fsp3) is 0. The lowest BCUT2D eigenvalue weighted by molar-refractivity contribution is 0.102. The van der Waals surface area contributed by atoms with Gasteiger partial charge in [-0.25, -0.2) is 9.97 Å². The summed E-state index contributed by atoms with van der Waals surface area (Å²) in [6, 6.07) is 16.0.